The fraction of sp³-hybridized carbons (Fsp3) is 0.375. The second-order valence-corrected chi connectivity index (χ2v) is 8.17. The van der Waals surface area contributed by atoms with Gasteiger partial charge in [0.25, 0.3) is 5.95 Å². The van der Waals surface area contributed by atoms with Gasteiger partial charge in [-0.15, -0.1) is 0 Å². The summed E-state index contributed by atoms with van der Waals surface area (Å²) in [4.78, 5) is 11.6. The quantitative estimate of drug-likeness (QED) is 0.300. The monoisotopic (exact) mass is 464 g/mol. The van der Waals surface area contributed by atoms with Crippen LogP contribution in [-0.4, -0.2) is 71.4 Å². The topological polar surface area (TPSA) is 111 Å². The number of hydrogen-bond acceptors (Lipinski definition) is 9. The summed E-state index contributed by atoms with van der Waals surface area (Å²) in [5.41, 5.74) is 4.17. The second-order valence-electron chi connectivity index (χ2n) is 8.17. The summed E-state index contributed by atoms with van der Waals surface area (Å²) < 4.78 is 18.2. The van der Waals surface area contributed by atoms with E-state index in [0.29, 0.717) is 68.1 Å². The van der Waals surface area contributed by atoms with Crippen molar-refractivity contribution in [1.29, 1.82) is 0 Å². The van der Waals surface area contributed by atoms with Crippen LogP contribution in [0.3, 0.4) is 0 Å². The lowest BCUT2D eigenvalue weighted by Crippen LogP contribution is -2.37. The molecule has 1 saturated heterocycles. The lowest BCUT2D eigenvalue weighted by molar-refractivity contribution is 0.101. The highest BCUT2D eigenvalue weighted by Gasteiger charge is 2.23. The van der Waals surface area contributed by atoms with Crippen LogP contribution in [0.25, 0.3) is 28.3 Å². The standard InChI is InChI=1S/C24H28N6O4/c1-16-4-3-5-17(14-16)18-6-8-30(28-18)24-26-19-15-20(23(31)25-7-11-32-2)34-21(19)22(27-24)29-9-12-33-13-10-29/h3-6,8,14-15,23,25,31H,7,9-13H2,1-2H3. The number of nitrogens with one attached hydrogen (secondary N) is 1. The van der Waals surface area contributed by atoms with Gasteiger partial charge in [0.05, 0.1) is 25.5 Å². The Kier molecular flexibility index (Phi) is 6.54. The molecule has 10 nitrogen and oxygen atoms in total. The molecule has 5 rings (SSSR count). The van der Waals surface area contributed by atoms with Crippen molar-refractivity contribution in [3.63, 3.8) is 0 Å². The molecule has 4 heterocycles. The van der Waals surface area contributed by atoms with Gasteiger partial charge in [-0.2, -0.15) is 10.1 Å². The van der Waals surface area contributed by atoms with Crippen LogP contribution >= 0.6 is 0 Å². The first-order valence-corrected chi connectivity index (χ1v) is 11.3. The van der Waals surface area contributed by atoms with E-state index in [1.54, 1.807) is 17.9 Å². The molecule has 0 radical (unpaired) electrons. The smallest absolute Gasteiger partial charge is 0.253 e. The first-order chi connectivity index (χ1) is 16.6. The van der Waals surface area contributed by atoms with Crippen molar-refractivity contribution in [2.45, 2.75) is 13.2 Å². The van der Waals surface area contributed by atoms with Crippen molar-refractivity contribution in [3.05, 3.63) is 53.9 Å². The zero-order valence-corrected chi connectivity index (χ0v) is 19.3. The second kappa shape index (κ2) is 9.90. The van der Waals surface area contributed by atoms with Crippen molar-refractivity contribution < 1.29 is 19.0 Å². The Morgan fingerprint density at radius 2 is 2.03 bits per heavy atom. The number of ether oxygens (including phenoxy) is 2. The van der Waals surface area contributed by atoms with Gasteiger partial charge in [-0.25, -0.2) is 9.67 Å². The van der Waals surface area contributed by atoms with E-state index in [2.05, 4.69) is 29.3 Å². The Hall–Kier alpha value is -3.31. The molecule has 3 aromatic heterocycles. The molecular weight excluding hydrogens is 436 g/mol. The summed E-state index contributed by atoms with van der Waals surface area (Å²) in [5.74, 6) is 1.46. The predicted octanol–water partition coefficient (Wildman–Crippen LogP) is 2.45. The molecule has 34 heavy (non-hydrogen) atoms. The zero-order chi connectivity index (χ0) is 23.5. The fourth-order valence-corrected chi connectivity index (χ4v) is 3.94. The van der Waals surface area contributed by atoms with Crippen LogP contribution in [0.15, 0.2) is 47.0 Å². The highest BCUT2D eigenvalue weighted by Crippen LogP contribution is 2.30. The number of aryl methyl sites for hydroxylation is 1. The number of methoxy groups -OCH3 is 1. The van der Waals surface area contributed by atoms with E-state index in [9.17, 15) is 5.11 Å². The molecule has 1 unspecified atom stereocenters. The first-order valence-electron chi connectivity index (χ1n) is 11.3. The van der Waals surface area contributed by atoms with Crippen molar-refractivity contribution in [2.75, 3.05) is 51.5 Å². The molecule has 0 saturated carbocycles. The van der Waals surface area contributed by atoms with E-state index >= 15 is 0 Å². The van der Waals surface area contributed by atoms with Gasteiger partial charge in [0.1, 0.15) is 5.52 Å². The molecule has 1 atom stereocenters. The minimum Gasteiger partial charge on any atom is -0.451 e. The summed E-state index contributed by atoms with van der Waals surface area (Å²) in [6.07, 6.45) is 0.868. The molecular formula is C24H28N6O4. The van der Waals surface area contributed by atoms with Gasteiger partial charge in [0, 0.05) is 44.6 Å². The number of aliphatic hydroxyl groups excluding tert-OH is 1. The SMILES string of the molecule is COCCNC(O)c1cc2nc(-n3ccc(-c4cccc(C)c4)n3)nc(N3CCOCC3)c2o1. The number of aromatic nitrogens is 4. The Morgan fingerprint density at radius 1 is 1.18 bits per heavy atom. The molecule has 0 bridgehead atoms. The number of fused-ring (bicyclic) bond motifs is 1. The molecule has 2 N–H and O–H groups in total. The first kappa shape index (κ1) is 22.5. The highest BCUT2D eigenvalue weighted by atomic mass is 16.5. The molecule has 4 aromatic rings. The van der Waals surface area contributed by atoms with Crippen molar-refractivity contribution >= 4 is 16.9 Å². The van der Waals surface area contributed by atoms with E-state index < -0.39 is 6.23 Å². The number of rotatable bonds is 8. The molecule has 1 aliphatic rings. The minimum atomic E-state index is -0.983. The van der Waals surface area contributed by atoms with Gasteiger partial charge in [-0.3, -0.25) is 5.32 Å². The van der Waals surface area contributed by atoms with E-state index in [1.165, 1.54) is 5.56 Å². The van der Waals surface area contributed by atoms with Gasteiger partial charge in [0.15, 0.2) is 23.4 Å². The maximum atomic E-state index is 10.5. The van der Waals surface area contributed by atoms with Crippen LogP contribution in [-0.2, 0) is 9.47 Å². The molecule has 0 aliphatic carbocycles. The van der Waals surface area contributed by atoms with Crippen LogP contribution in [0, 0.1) is 6.92 Å². The molecule has 0 amide bonds. The third-order valence-corrected chi connectivity index (χ3v) is 5.69. The molecule has 0 spiro atoms. The highest BCUT2D eigenvalue weighted by molar-refractivity contribution is 5.85. The van der Waals surface area contributed by atoms with Crippen LogP contribution in [0.1, 0.15) is 17.6 Å². The predicted molar refractivity (Wildman–Crippen MR) is 127 cm³/mol. The van der Waals surface area contributed by atoms with Gasteiger partial charge >= 0.3 is 0 Å². The number of morpholine rings is 1. The summed E-state index contributed by atoms with van der Waals surface area (Å²) in [6.45, 7) is 5.60. The van der Waals surface area contributed by atoms with E-state index in [-0.39, 0.29) is 0 Å². The minimum absolute atomic E-state index is 0.368. The lowest BCUT2D eigenvalue weighted by Gasteiger charge is -2.27. The molecule has 10 heteroatoms. The maximum absolute atomic E-state index is 10.5. The molecule has 1 fully saturated rings. The van der Waals surface area contributed by atoms with Gasteiger partial charge in [0.2, 0.25) is 0 Å². The van der Waals surface area contributed by atoms with Crippen LogP contribution in [0.2, 0.25) is 0 Å². The third kappa shape index (κ3) is 4.66. The molecule has 1 aromatic carbocycles. The van der Waals surface area contributed by atoms with E-state index in [1.807, 2.05) is 24.4 Å². The Labute approximate surface area is 197 Å². The number of benzene rings is 1. The van der Waals surface area contributed by atoms with Crippen molar-refractivity contribution in [1.82, 2.24) is 25.1 Å². The summed E-state index contributed by atoms with van der Waals surface area (Å²) in [5, 5.41) is 18.2. The largest absolute Gasteiger partial charge is 0.451 e. The number of aliphatic hydroxyl groups is 1. The summed E-state index contributed by atoms with van der Waals surface area (Å²) in [6, 6.07) is 11.9. The van der Waals surface area contributed by atoms with Crippen LogP contribution in [0.4, 0.5) is 5.82 Å². The number of furan rings is 1. The maximum Gasteiger partial charge on any atom is 0.253 e. The van der Waals surface area contributed by atoms with Gasteiger partial charge in [-0.05, 0) is 19.1 Å². The Bertz CT molecular complexity index is 1260. The Balaban J connectivity index is 1.53. The molecule has 178 valence electrons. The Morgan fingerprint density at radius 3 is 2.82 bits per heavy atom. The number of anilines is 1. The summed E-state index contributed by atoms with van der Waals surface area (Å²) >= 11 is 0. The fourth-order valence-electron chi connectivity index (χ4n) is 3.94. The lowest BCUT2D eigenvalue weighted by atomic mass is 10.1. The van der Waals surface area contributed by atoms with E-state index in [4.69, 9.17) is 29.0 Å². The van der Waals surface area contributed by atoms with Crippen LogP contribution < -0.4 is 10.2 Å². The third-order valence-electron chi connectivity index (χ3n) is 5.69. The van der Waals surface area contributed by atoms with Crippen molar-refractivity contribution in [3.8, 4) is 17.2 Å². The number of nitrogens with zero attached hydrogens (tertiary/aromatic N) is 5. The zero-order valence-electron chi connectivity index (χ0n) is 19.3. The normalized spacial score (nSPS) is 15.2. The van der Waals surface area contributed by atoms with Crippen LogP contribution in [0.5, 0.6) is 0 Å². The van der Waals surface area contributed by atoms with Gasteiger partial charge < -0.3 is 23.9 Å². The summed E-state index contributed by atoms with van der Waals surface area (Å²) in [7, 11) is 1.61. The average Bonchev–Trinajstić information content (AvgIpc) is 3.52. The molecule has 1 aliphatic heterocycles. The number of hydrogen-bond donors (Lipinski definition) is 2. The van der Waals surface area contributed by atoms with E-state index in [0.717, 1.165) is 11.3 Å². The average molecular weight is 465 g/mol. The van der Waals surface area contributed by atoms with Gasteiger partial charge in [-0.1, -0.05) is 23.8 Å². The van der Waals surface area contributed by atoms with Crippen molar-refractivity contribution in [2.24, 2.45) is 0 Å².